The molecule has 1 aliphatic heterocycles. The predicted octanol–water partition coefficient (Wildman–Crippen LogP) is 4.13. The highest BCUT2D eigenvalue weighted by Crippen LogP contribution is 2.29. The second-order valence-electron chi connectivity index (χ2n) is 7.56. The monoisotopic (exact) mass is 452 g/mol. The Morgan fingerprint density at radius 3 is 2.94 bits per heavy atom. The molecule has 1 fully saturated rings. The predicted molar refractivity (Wildman–Crippen MR) is 122 cm³/mol. The summed E-state index contributed by atoms with van der Waals surface area (Å²) in [5.74, 6) is -0.0654. The maximum atomic E-state index is 13.3. The lowest BCUT2D eigenvalue weighted by Gasteiger charge is -2.35. The van der Waals surface area contributed by atoms with Crippen molar-refractivity contribution in [2.24, 2.45) is 5.73 Å². The molecule has 5 heterocycles. The van der Waals surface area contributed by atoms with E-state index >= 15 is 0 Å². The number of pyridine rings is 1. The Labute approximate surface area is 188 Å². The van der Waals surface area contributed by atoms with Crippen molar-refractivity contribution in [3.8, 4) is 21.8 Å². The van der Waals surface area contributed by atoms with E-state index in [9.17, 15) is 4.79 Å². The third kappa shape index (κ3) is 3.82. The van der Waals surface area contributed by atoms with Crippen molar-refractivity contribution in [1.82, 2.24) is 24.5 Å². The quantitative estimate of drug-likeness (QED) is 0.470. The fourth-order valence-electron chi connectivity index (χ4n) is 4.05. The van der Waals surface area contributed by atoms with E-state index in [4.69, 9.17) is 22.3 Å². The minimum absolute atomic E-state index is 0.0589. The number of halogens is 1. The van der Waals surface area contributed by atoms with E-state index in [1.807, 2.05) is 34.7 Å². The van der Waals surface area contributed by atoms with E-state index < -0.39 is 0 Å². The Kier molecular flexibility index (Phi) is 5.43. The molecule has 2 N–H and O–H groups in total. The molecule has 9 heteroatoms. The topological polar surface area (TPSA) is 89.4 Å². The molecule has 4 aromatic rings. The molecule has 0 aromatic carbocycles. The van der Waals surface area contributed by atoms with Gasteiger partial charge in [-0.05, 0) is 48.9 Å². The fraction of sp³-hybridized carbons (Fsp3) is 0.273. The molecule has 0 bridgehead atoms. The Hall–Kier alpha value is -2.81. The number of nitrogens with zero attached hydrogens (tertiary/aromatic N) is 5. The van der Waals surface area contributed by atoms with Crippen LogP contribution in [0, 0.1) is 0 Å². The van der Waals surface area contributed by atoms with Crippen LogP contribution in [0.25, 0.3) is 27.5 Å². The third-order valence-corrected chi connectivity index (χ3v) is 6.71. The van der Waals surface area contributed by atoms with Gasteiger partial charge in [0.25, 0.3) is 5.91 Å². The number of likely N-dealkylation sites (tertiary alicyclic amines) is 1. The van der Waals surface area contributed by atoms with E-state index in [0.717, 1.165) is 35.4 Å². The van der Waals surface area contributed by atoms with E-state index in [2.05, 4.69) is 10.1 Å². The molecule has 158 valence electrons. The van der Waals surface area contributed by atoms with Gasteiger partial charge in [0.05, 0.1) is 28.0 Å². The molecule has 4 aromatic heterocycles. The Bertz CT molecular complexity index is 1240. The van der Waals surface area contributed by atoms with Crippen LogP contribution < -0.4 is 5.73 Å². The molecular formula is C22H21ClN6OS. The van der Waals surface area contributed by atoms with Crippen molar-refractivity contribution in [2.45, 2.75) is 25.3 Å². The van der Waals surface area contributed by atoms with Gasteiger partial charge in [0.1, 0.15) is 5.15 Å². The number of piperidine rings is 1. The molecule has 1 saturated heterocycles. The van der Waals surface area contributed by atoms with Gasteiger partial charge in [-0.3, -0.25) is 4.79 Å². The summed E-state index contributed by atoms with van der Waals surface area (Å²) >= 11 is 7.96. The molecule has 1 aliphatic rings. The molecule has 31 heavy (non-hydrogen) atoms. The number of rotatable bonds is 4. The van der Waals surface area contributed by atoms with Gasteiger partial charge in [0, 0.05) is 30.9 Å². The fourth-order valence-corrected chi connectivity index (χ4v) is 4.95. The number of amides is 1. The molecule has 0 radical (unpaired) electrons. The van der Waals surface area contributed by atoms with Gasteiger partial charge in [-0.2, -0.15) is 5.10 Å². The zero-order valence-corrected chi connectivity index (χ0v) is 18.3. The number of hydrogen-bond donors (Lipinski definition) is 1. The smallest absolute Gasteiger partial charge is 0.254 e. The zero-order valence-electron chi connectivity index (χ0n) is 16.7. The molecule has 0 unspecified atom stereocenters. The minimum Gasteiger partial charge on any atom is -0.334 e. The summed E-state index contributed by atoms with van der Waals surface area (Å²) < 4.78 is 1.70. The molecular weight excluding hydrogens is 432 g/mol. The lowest BCUT2D eigenvalue weighted by atomic mass is 10.0. The van der Waals surface area contributed by atoms with Gasteiger partial charge in [0.15, 0.2) is 5.65 Å². The number of hydrogen-bond acceptors (Lipinski definition) is 6. The summed E-state index contributed by atoms with van der Waals surface area (Å²) in [5, 5.41) is 6.68. The van der Waals surface area contributed by atoms with Gasteiger partial charge in [0.2, 0.25) is 0 Å². The van der Waals surface area contributed by atoms with Crippen LogP contribution in [0.2, 0.25) is 5.15 Å². The van der Waals surface area contributed by atoms with Crippen LogP contribution >= 0.6 is 22.9 Å². The van der Waals surface area contributed by atoms with Crippen LogP contribution in [-0.4, -0.2) is 49.5 Å². The van der Waals surface area contributed by atoms with Crippen LogP contribution in [0.4, 0.5) is 0 Å². The summed E-state index contributed by atoms with van der Waals surface area (Å²) in [7, 11) is 0. The Balaban J connectivity index is 1.55. The van der Waals surface area contributed by atoms with Crippen LogP contribution in [0.5, 0.6) is 0 Å². The van der Waals surface area contributed by atoms with Crippen LogP contribution in [0.3, 0.4) is 0 Å². The second kappa shape index (κ2) is 8.37. The highest BCUT2D eigenvalue weighted by Gasteiger charge is 2.27. The average molecular weight is 453 g/mol. The van der Waals surface area contributed by atoms with Crippen molar-refractivity contribution < 1.29 is 4.79 Å². The van der Waals surface area contributed by atoms with Crippen molar-refractivity contribution in [3.05, 3.63) is 58.8 Å². The molecule has 5 rings (SSSR count). The van der Waals surface area contributed by atoms with Crippen LogP contribution in [-0.2, 0) is 0 Å². The zero-order chi connectivity index (χ0) is 21.4. The SMILES string of the molecule is NC[C@@H]1CCCCN1C(=O)c1cc(Cl)nc(-c2cnn3ccc(-c4cccs4)nc23)c1. The summed E-state index contributed by atoms with van der Waals surface area (Å²) in [6.45, 7) is 1.17. The Morgan fingerprint density at radius 1 is 1.23 bits per heavy atom. The first-order chi connectivity index (χ1) is 15.1. The Morgan fingerprint density at radius 2 is 2.13 bits per heavy atom. The van der Waals surface area contributed by atoms with Crippen LogP contribution in [0.15, 0.2) is 48.1 Å². The molecule has 7 nitrogen and oxygen atoms in total. The largest absolute Gasteiger partial charge is 0.334 e. The van der Waals surface area contributed by atoms with Gasteiger partial charge in [-0.25, -0.2) is 14.5 Å². The minimum atomic E-state index is -0.0654. The van der Waals surface area contributed by atoms with Crippen molar-refractivity contribution in [3.63, 3.8) is 0 Å². The highest BCUT2D eigenvalue weighted by atomic mass is 35.5. The summed E-state index contributed by atoms with van der Waals surface area (Å²) in [5.41, 5.74) is 9.24. The summed E-state index contributed by atoms with van der Waals surface area (Å²) in [6.07, 6.45) is 6.58. The molecule has 1 atom stereocenters. The van der Waals surface area contributed by atoms with E-state index in [1.54, 1.807) is 34.2 Å². The van der Waals surface area contributed by atoms with Gasteiger partial charge < -0.3 is 10.6 Å². The number of aromatic nitrogens is 4. The molecule has 0 saturated carbocycles. The second-order valence-corrected chi connectivity index (χ2v) is 8.90. The first-order valence-electron chi connectivity index (χ1n) is 10.2. The number of fused-ring (bicyclic) bond motifs is 1. The standard InChI is InChI=1S/C22H21ClN6OS/c23-20-11-14(22(30)28-7-2-1-4-15(28)12-24)10-18(26-20)16-13-25-29-8-6-17(27-21(16)29)19-5-3-9-31-19/h3,5-6,8-11,13,15H,1-2,4,7,12,24H2/t15-/m0/s1. The number of carbonyl (C=O) groups excluding carboxylic acids is 1. The maximum Gasteiger partial charge on any atom is 0.254 e. The number of thiophene rings is 1. The van der Waals surface area contributed by atoms with Crippen molar-refractivity contribution in [1.29, 1.82) is 0 Å². The first-order valence-corrected chi connectivity index (χ1v) is 11.5. The molecule has 1 amide bonds. The number of carbonyl (C=O) groups is 1. The lowest BCUT2D eigenvalue weighted by Crippen LogP contribution is -2.47. The van der Waals surface area contributed by atoms with Gasteiger partial charge in [-0.15, -0.1) is 11.3 Å². The van der Waals surface area contributed by atoms with Gasteiger partial charge in [-0.1, -0.05) is 17.7 Å². The van der Waals surface area contributed by atoms with E-state index in [-0.39, 0.29) is 17.1 Å². The van der Waals surface area contributed by atoms with E-state index in [1.165, 1.54) is 0 Å². The highest BCUT2D eigenvalue weighted by molar-refractivity contribution is 7.13. The van der Waals surface area contributed by atoms with Gasteiger partial charge >= 0.3 is 0 Å². The molecule has 0 spiro atoms. The molecule has 0 aliphatic carbocycles. The first kappa shape index (κ1) is 20.1. The number of nitrogens with two attached hydrogens (primary N) is 1. The maximum absolute atomic E-state index is 13.3. The average Bonchev–Trinajstić information content (AvgIpc) is 3.48. The van der Waals surface area contributed by atoms with E-state index in [0.29, 0.717) is 30.0 Å². The lowest BCUT2D eigenvalue weighted by molar-refractivity contribution is 0.0623. The van der Waals surface area contributed by atoms with Crippen LogP contribution in [0.1, 0.15) is 29.6 Å². The summed E-state index contributed by atoms with van der Waals surface area (Å²) in [6, 6.07) is 9.40. The normalized spacial score (nSPS) is 16.7. The third-order valence-electron chi connectivity index (χ3n) is 5.62. The van der Waals surface area contributed by atoms with Crippen molar-refractivity contribution in [2.75, 3.05) is 13.1 Å². The summed E-state index contributed by atoms with van der Waals surface area (Å²) in [4.78, 5) is 25.5. The van der Waals surface area contributed by atoms with Crippen molar-refractivity contribution >= 4 is 34.5 Å².